The summed E-state index contributed by atoms with van der Waals surface area (Å²) in [7, 11) is 0. The smallest absolute Gasteiger partial charge is 0.0557 e. The van der Waals surface area contributed by atoms with E-state index in [2.05, 4.69) is 72.5 Å². The predicted octanol–water partition coefficient (Wildman–Crippen LogP) is 4.46. The number of hydrogen-bond acceptors (Lipinski definition) is 2. The van der Waals surface area contributed by atoms with Crippen LogP contribution in [0.3, 0.4) is 0 Å². The first kappa shape index (κ1) is 14.7. The van der Waals surface area contributed by atoms with Crippen molar-refractivity contribution in [3.8, 4) is 0 Å². The van der Waals surface area contributed by atoms with Crippen molar-refractivity contribution < 1.29 is 0 Å². The molecular weight excluding hydrogens is 268 g/mol. The number of allylic oxidation sites excluding steroid dienone is 5. The monoisotopic (exact) mass is 292 g/mol. The lowest BCUT2D eigenvalue weighted by Crippen LogP contribution is -2.36. The Bertz CT molecular complexity index is 649. The van der Waals surface area contributed by atoms with E-state index < -0.39 is 0 Å². The van der Waals surface area contributed by atoms with Crippen molar-refractivity contribution in [2.75, 3.05) is 4.90 Å². The Morgan fingerprint density at radius 2 is 2.05 bits per heavy atom. The Balaban J connectivity index is 2.08. The maximum absolute atomic E-state index is 6.32. The Morgan fingerprint density at radius 1 is 1.18 bits per heavy atom. The Kier molecular flexibility index (Phi) is 4.47. The molecule has 0 bridgehead atoms. The highest BCUT2D eigenvalue weighted by molar-refractivity contribution is 5.61. The second-order valence-electron chi connectivity index (χ2n) is 5.81. The average Bonchev–Trinajstić information content (AvgIpc) is 2.58. The van der Waals surface area contributed by atoms with Crippen LogP contribution in [0, 0.1) is 0 Å². The van der Waals surface area contributed by atoms with E-state index in [1.54, 1.807) is 0 Å². The molecule has 0 spiro atoms. The van der Waals surface area contributed by atoms with Crippen LogP contribution in [-0.4, -0.2) is 6.04 Å². The van der Waals surface area contributed by atoms with Crippen LogP contribution < -0.4 is 10.6 Å². The summed E-state index contributed by atoms with van der Waals surface area (Å²) in [5.41, 5.74) is 11.2. The van der Waals surface area contributed by atoms with Crippen molar-refractivity contribution in [1.29, 1.82) is 0 Å². The van der Waals surface area contributed by atoms with Crippen LogP contribution in [0.4, 0.5) is 5.69 Å². The number of rotatable bonds is 4. The molecule has 1 atom stereocenters. The van der Waals surface area contributed by atoms with Crippen LogP contribution >= 0.6 is 0 Å². The molecule has 1 aromatic carbocycles. The summed E-state index contributed by atoms with van der Waals surface area (Å²) in [6.07, 6.45) is 17.1. The fraction of sp³-hybridized carbons (Fsp3) is 0.300. The van der Waals surface area contributed by atoms with Gasteiger partial charge in [0, 0.05) is 11.4 Å². The van der Waals surface area contributed by atoms with E-state index in [9.17, 15) is 0 Å². The number of aryl methyl sites for hydroxylation is 1. The molecular formula is C20H24N2. The van der Waals surface area contributed by atoms with Crippen molar-refractivity contribution >= 4 is 5.69 Å². The van der Waals surface area contributed by atoms with Crippen molar-refractivity contribution in [2.24, 2.45) is 5.73 Å². The molecule has 2 nitrogen and oxygen atoms in total. The molecule has 114 valence electrons. The number of para-hydroxylation sites is 1. The van der Waals surface area contributed by atoms with Gasteiger partial charge in [0.15, 0.2) is 0 Å². The second kappa shape index (κ2) is 6.69. The molecule has 1 aromatic rings. The zero-order valence-electron chi connectivity index (χ0n) is 13.2. The molecule has 0 heterocycles. The maximum Gasteiger partial charge on any atom is 0.0557 e. The van der Waals surface area contributed by atoms with Crippen LogP contribution in [0.25, 0.3) is 0 Å². The summed E-state index contributed by atoms with van der Waals surface area (Å²) in [4.78, 5) is 2.46. The van der Waals surface area contributed by atoms with Gasteiger partial charge in [0.2, 0.25) is 0 Å². The van der Waals surface area contributed by atoms with Gasteiger partial charge in [-0.2, -0.15) is 0 Å². The van der Waals surface area contributed by atoms with E-state index in [0.717, 1.165) is 31.4 Å². The zero-order chi connectivity index (χ0) is 15.4. The molecule has 0 radical (unpaired) electrons. The van der Waals surface area contributed by atoms with Crippen LogP contribution in [-0.2, 0) is 6.42 Å². The summed E-state index contributed by atoms with van der Waals surface area (Å²) in [5, 5.41) is 0. The summed E-state index contributed by atoms with van der Waals surface area (Å²) in [6, 6.07) is 9.04. The third-order valence-corrected chi connectivity index (χ3v) is 4.39. The van der Waals surface area contributed by atoms with E-state index >= 15 is 0 Å². The highest BCUT2D eigenvalue weighted by Gasteiger charge is 2.24. The lowest BCUT2D eigenvalue weighted by atomic mass is 9.98. The predicted molar refractivity (Wildman–Crippen MR) is 94.6 cm³/mol. The molecule has 2 heteroatoms. The summed E-state index contributed by atoms with van der Waals surface area (Å²) in [5.74, 6) is 0. The van der Waals surface area contributed by atoms with Gasteiger partial charge in [-0.05, 0) is 43.4 Å². The number of anilines is 1. The summed E-state index contributed by atoms with van der Waals surface area (Å²) in [6.45, 7) is 2.21. The van der Waals surface area contributed by atoms with Gasteiger partial charge in [0.1, 0.15) is 0 Å². The van der Waals surface area contributed by atoms with Crippen molar-refractivity contribution in [1.82, 2.24) is 0 Å². The first-order chi connectivity index (χ1) is 10.8. The minimum absolute atomic E-state index is 0.345. The molecule has 0 saturated heterocycles. The quantitative estimate of drug-likeness (QED) is 0.887. The summed E-state index contributed by atoms with van der Waals surface area (Å²) >= 11 is 0. The first-order valence-corrected chi connectivity index (χ1v) is 8.17. The molecule has 0 aromatic heterocycles. The molecule has 2 N–H and O–H groups in total. The molecule has 0 amide bonds. The lowest BCUT2D eigenvalue weighted by Gasteiger charge is -2.37. The second-order valence-corrected chi connectivity index (χ2v) is 5.81. The van der Waals surface area contributed by atoms with Gasteiger partial charge in [0.25, 0.3) is 0 Å². The van der Waals surface area contributed by atoms with Crippen LogP contribution in [0.5, 0.6) is 0 Å². The molecule has 2 aliphatic carbocycles. The van der Waals surface area contributed by atoms with Gasteiger partial charge in [-0.25, -0.2) is 0 Å². The van der Waals surface area contributed by atoms with Crippen molar-refractivity contribution in [3.63, 3.8) is 0 Å². The van der Waals surface area contributed by atoms with Gasteiger partial charge in [-0.1, -0.05) is 55.5 Å². The van der Waals surface area contributed by atoms with Gasteiger partial charge >= 0.3 is 0 Å². The van der Waals surface area contributed by atoms with Gasteiger partial charge in [0.05, 0.1) is 11.7 Å². The van der Waals surface area contributed by atoms with Crippen LogP contribution in [0.15, 0.2) is 72.1 Å². The number of nitrogens with zero attached hydrogens (tertiary/aromatic N) is 1. The Hall–Kier alpha value is -2.22. The minimum Gasteiger partial charge on any atom is -0.397 e. The minimum atomic E-state index is 0.345. The van der Waals surface area contributed by atoms with E-state index in [1.165, 1.54) is 16.9 Å². The lowest BCUT2D eigenvalue weighted by molar-refractivity contribution is 0.709. The van der Waals surface area contributed by atoms with Gasteiger partial charge in [-0.3, -0.25) is 0 Å². The molecule has 2 aliphatic rings. The van der Waals surface area contributed by atoms with Crippen LogP contribution in [0.1, 0.15) is 31.7 Å². The number of hydrogen-bond donors (Lipinski definition) is 1. The van der Waals surface area contributed by atoms with E-state index in [-0.39, 0.29) is 0 Å². The maximum atomic E-state index is 6.32. The molecule has 0 saturated carbocycles. The van der Waals surface area contributed by atoms with Crippen molar-refractivity contribution in [3.05, 3.63) is 77.7 Å². The molecule has 0 aliphatic heterocycles. The Labute approximate surface area is 133 Å². The molecule has 1 unspecified atom stereocenters. The average molecular weight is 292 g/mol. The topological polar surface area (TPSA) is 29.3 Å². The fourth-order valence-corrected chi connectivity index (χ4v) is 3.26. The molecule has 3 rings (SSSR count). The van der Waals surface area contributed by atoms with Crippen LogP contribution in [0.2, 0.25) is 0 Å². The highest BCUT2D eigenvalue weighted by Crippen LogP contribution is 2.33. The van der Waals surface area contributed by atoms with E-state index in [0.29, 0.717) is 6.04 Å². The number of nitrogens with two attached hydrogens (primary N) is 1. The summed E-state index contributed by atoms with van der Waals surface area (Å²) < 4.78 is 0. The Morgan fingerprint density at radius 3 is 2.77 bits per heavy atom. The van der Waals surface area contributed by atoms with E-state index in [1.807, 2.05) is 0 Å². The van der Waals surface area contributed by atoms with E-state index in [4.69, 9.17) is 5.73 Å². The fourth-order valence-electron chi connectivity index (χ4n) is 3.26. The normalized spacial score (nSPS) is 20.5. The van der Waals surface area contributed by atoms with Gasteiger partial charge < -0.3 is 10.6 Å². The third kappa shape index (κ3) is 2.87. The largest absolute Gasteiger partial charge is 0.397 e. The first-order valence-electron chi connectivity index (χ1n) is 8.17. The zero-order valence-corrected chi connectivity index (χ0v) is 13.2. The molecule has 0 fully saturated rings. The standard InChI is InChI=1S/C20H24N2/c1-2-16-10-6-8-14-19(16)22(17-11-4-3-5-12-17)20-15-9-7-13-18(20)21/h3-8,10-11,13-14,17H,2,9,12,15,21H2,1H3. The molecule has 22 heavy (non-hydrogen) atoms. The number of benzene rings is 1. The third-order valence-electron chi connectivity index (χ3n) is 4.39. The highest BCUT2D eigenvalue weighted by atomic mass is 15.2. The SMILES string of the molecule is CCc1ccccc1N(C1=C(N)C=CCC1)C1C=CC=CC1. The van der Waals surface area contributed by atoms with Gasteiger partial charge in [-0.15, -0.1) is 0 Å². The van der Waals surface area contributed by atoms with Crippen molar-refractivity contribution in [2.45, 2.75) is 38.6 Å².